The van der Waals surface area contributed by atoms with E-state index in [4.69, 9.17) is 14.2 Å². The van der Waals surface area contributed by atoms with Gasteiger partial charge in [0.2, 0.25) is 0 Å². The zero-order valence-corrected chi connectivity index (χ0v) is 17.5. The average Bonchev–Trinajstić information content (AvgIpc) is 3.47. The van der Waals surface area contributed by atoms with E-state index in [2.05, 4.69) is 0 Å². The Morgan fingerprint density at radius 2 is 2.03 bits per heavy atom. The Hall–Kier alpha value is -2.12. The van der Waals surface area contributed by atoms with Gasteiger partial charge in [-0.25, -0.2) is 4.79 Å². The van der Waals surface area contributed by atoms with Crippen LogP contribution in [0.1, 0.15) is 44.6 Å². The first-order valence-corrected chi connectivity index (χ1v) is 11.0. The molecule has 0 radical (unpaired) electrons. The van der Waals surface area contributed by atoms with E-state index in [1.165, 1.54) is 0 Å². The van der Waals surface area contributed by atoms with Crippen molar-refractivity contribution in [3.63, 3.8) is 0 Å². The molecule has 1 N–H and O–H groups in total. The highest BCUT2D eigenvalue weighted by atomic mass is 16.7. The highest BCUT2D eigenvalue weighted by Crippen LogP contribution is 2.68. The molecule has 4 rings (SSSR count). The van der Waals surface area contributed by atoms with Crippen LogP contribution in [0.25, 0.3) is 0 Å². The van der Waals surface area contributed by atoms with Gasteiger partial charge in [-0.1, -0.05) is 37.3 Å². The van der Waals surface area contributed by atoms with Gasteiger partial charge >= 0.3 is 12.1 Å². The molecular formula is C23H31NO6. The Morgan fingerprint density at radius 3 is 2.70 bits per heavy atom. The molecule has 2 saturated heterocycles. The van der Waals surface area contributed by atoms with E-state index < -0.39 is 23.4 Å². The van der Waals surface area contributed by atoms with Crippen LogP contribution in [0.4, 0.5) is 4.79 Å². The summed E-state index contributed by atoms with van der Waals surface area (Å²) in [7, 11) is 0. The number of piperidine rings is 1. The molecule has 5 atom stereocenters. The number of amides is 1. The minimum atomic E-state index is -0.778. The molecule has 7 nitrogen and oxygen atoms in total. The average molecular weight is 418 g/mol. The molecule has 1 aromatic rings. The van der Waals surface area contributed by atoms with Crippen LogP contribution in [-0.2, 0) is 25.6 Å². The minimum absolute atomic E-state index is 0.0825. The first-order chi connectivity index (χ1) is 14.6. The molecule has 0 aromatic heterocycles. The monoisotopic (exact) mass is 417 g/mol. The zero-order valence-electron chi connectivity index (χ0n) is 17.5. The Balaban J connectivity index is 1.48. The third-order valence-corrected chi connectivity index (χ3v) is 7.14. The number of rotatable bonds is 7. The summed E-state index contributed by atoms with van der Waals surface area (Å²) in [5, 5.41) is 9.79. The SMILES string of the molecule is CCC12C(CCN(C(=O)OCc3ccccc3)C1COC1CCCCO1)C2C(=O)O. The number of nitrogens with zero attached hydrogens (tertiary/aromatic N) is 1. The number of ether oxygens (including phenoxy) is 3. The fourth-order valence-corrected chi connectivity index (χ4v) is 5.58. The normalized spacial score (nSPS) is 32.9. The van der Waals surface area contributed by atoms with Gasteiger partial charge in [0.25, 0.3) is 0 Å². The Morgan fingerprint density at radius 1 is 1.23 bits per heavy atom. The maximum absolute atomic E-state index is 13.0. The maximum atomic E-state index is 13.0. The van der Waals surface area contributed by atoms with Crippen LogP contribution < -0.4 is 0 Å². The number of carbonyl (C=O) groups excluding carboxylic acids is 1. The zero-order chi connectivity index (χ0) is 21.1. The van der Waals surface area contributed by atoms with Crippen molar-refractivity contribution in [1.29, 1.82) is 0 Å². The molecule has 164 valence electrons. The van der Waals surface area contributed by atoms with Crippen LogP contribution in [0.3, 0.4) is 0 Å². The predicted molar refractivity (Wildman–Crippen MR) is 109 cm³/mol. The van der Waals surface area contributed by atoms with Crippen molar-refractivity contribution in [3.05, 3.63) is 35.9 Å². The third-order valence-electron chi connectivity index (χ3n) is 7.14. The molecule has 0 spiro atoms. The second-order valence-electron chi connectivity index (χ2n) is 8.56. The number of aliphatic carboxylic acids is 1. The van der Waals surface area contributed by atoms with Crippen molar-refractivity contribution < 1.29 is 28.9 Å². The first-order valence-electron chi connectivity index (χ1n) is 11.0. The lowest BCUT2D eigenvalue weighted by atomic mass is 9.85. The van der Waals surface area contributed by atoms with E-state index >= 15 is 0 Å². The second-order valence-corrected chi connectivity index (χ2v) is 8.56. The maximum Gasteiger partial charge on any atom is 0.410 e. The molecule has 1 aliphatic carbocycles. The highest BCUT2D eigenvalue weighted by Gasteiger charge is 2.73. The Labute approximate surface area is 177 Å². The summed E-state index contributed by atoms with van der Waals surface area (Å²) in [4.78, 5) is 26.6. The number of hydrogen-bond acceptors (Lipinski definition) is 5. The quantitative estimate of drug-likeness (QED) is 0.729. The van der Waals surface area contributed by atoms with Gasteiger partial charge in [0, 0.05) is 18.6 Å². The van der Waals surface area contributed by atoms with Crippen LogP contribution in [-0.4, -0.2) is 54.2 Å². The van der Waals surface area contributed by atoms with Gasteiger partial charge in [0.05, 0.1) is 18.6 Å². The van der Waals surface area contributed by atoms with Crippen LogP contribution in [0.5, 0.6) is 0 Å². The second kappa shape index (κ2) is 8.94. The standard InChI is InChI=1S/C23H31NO6/c1-2-23-17(20(23)21(25)26)11-12-24(18(23)15-29-19-10-6-7-13-28-19)22(27)30-14-16-8-4-3-5-9-16/h3-5,8-9,17-20H,2,6-7,10-15H2,1H3,(H,25,26). The van der Waals surface area contributed by atoms with E-state index in [0.717, 1.165) is 24.8 Å². The van der Waals surface area contributed by atoms with Crippen molar-refractivity contribution in [3.8, 4) is 0 Å². The van der Waals surface area contributed by atoms with E-state index in [1.807, 2.05) is 37.3 Å². The molecular weight excluding hydrogens is 386 g/mol. The van der Waals surface area contributed by atoms with Gasteiger partial charge in [0.15, 0.2) is 6.29 Å². The van der Waals surface area contributed by atoms with Gasteiger partial charge in [-0.2, -0.15) is 0 Å². The molecule has 7 heteroatoms. The van der Waals surface area contributed by atoms with Gasteiger partial charge in [-0.3, -0.25) is 4.79 Å². The van der Waals surface area contributed by atoms with Crippen molar-refractivity contribution in [2.24, 2.45) is 17.3 Å². The fraction of sp³-hybridized carbons (Fsp3) is 0.652. The molecule has 1 saturated carbocycles. The summed E-state index contributed by atoms with van der Waals surface area (Å²) >= 11 is 0. The number of benzene rings is 1. The predicted octanol–water partition coefficient (Wildman–Crippen LogP) is 3.67. The number of fused-ring (bicyclic) bond motifs is 1. The van der Waals surface area contributed by atoms with E-state index in [1.54, 1.807) is 4.90 Å². The van der Waals surface area contributed by atoms with Crippen LogP contribution in [0.15, 0.2) is 30.3 Å². The van der Waals surface area contributed by atoms with Crippen molar-refractivity contribution in [1.82, 2.24) is 4.90 Å². The van der Waals surface area contributed by atoms with Gasteiger partial charge in [0.1, 0.15) is 6.61 Å². The molecule has 5 unspecified atom stereocenters. The Kier molecular flexibility index (Phi) is 6.29. The summed E-state index contributed by atoms with van der Waals surface area (Å²) in [5.41, 5.74) is 0.467. The molecule has 30 heavy (non-hydrogen) atoms. The molecule has 3 aliphatic rings. The van der Waals surface area contributed by atoms with Crippen molar-refractivity contribution in [2.45, 2.75) is 58.0 Å². The van der Waals surface area contributed by atoms with Crippen LogP contribution >= 0.6 is 0 Å². The topological polar surface area (TPSA) is 85.3 Å². The lowest BCUT2D eigenvalue weighted by Crippen LogP contribution is -2.53. The lowest BCUT2D eigenvalue weighted by Gasteiger charge is -2.41. The summed E-state index contributed by atoms with van der Waals surface area (Å²) in [5.74, 6) is -1.13. The van der Waals surface area contributed by atoms with Crippen molar-refractivity contribution in [2.75, 3.05) is 19.8 Å². The van der Waals surface area contributed by atoms with Crippen LogP contribution in [0, 0.1) is 17.3 Å². The van der Waals surface area contributed by atoms with Crippen molar-refractivity contribution >= 4 is 12.1 Å². The fourth-order valence-electron chi connectivity index (χ4n) is 5.58. The molecule has 0 bridgehead atoms. The molecule has 3 fully saturated rings. The number of carboxylic acid groups (broad SMARTS) is 1. The molecule has 2 aliphatic heterocycles. The summed E-state index contributed by atoms with van der Waals surface area (Å²) in [6, 6.07) is 9.23. The molecule has 2 heterocycles. The number of carboxylic acids is 1. The number of carbonyl (C=O) groups is 2. The summed E-state index contributed by atoms with van der Waals surface area (Å²) < 4.78 is 17.3. The number of hydrogen-bond donors (Lipinski definition) is 1. The van der Waals surface area contributed by atoms with Crippen LogP contribution in [0.2, 0.25) is 0 Å². The van der Waals surface area contributed by atoms with Gasteiger partial charge < -0.3 is 24.2 Å². The Bertz CT molecular complexity index is 749. The summed E-state index contributed by atoms with van der Waals surface area (Å²) in [6.07, 6.45) is 3.60. The van der Waals surface area contributed by atoms with Gasteiger partial charge in [-0.05, 0) is 43.6 Å². The van der Waals surface area contributed by atoms with E-state index in [0.29, 0.717) is 26.0 Å². The lowest BCUT2D eigenvalue weighted by molar-refractivity contribution is -0.176. The van der Waals surface area contributed by atoms with E-state index in [9.17, 15) is 14.7 Å². The smallest absolute Gasteiger partial charge is 0.410 e. The van der Waals surface area contributed by atoms with E-state index in [-0.39, 0.29) is 31.5 Å². The van der Waals surface area contributed by atoms with Gasteiger partial charge in [-0.15, -0.1) is 0 Å². The largest absolute Gasteiger partial charge is 0.481 e. The first kappa shape index (κ1) is 21.1. The third kappa shape index (κ3) is 3.93. The number of likely N-dealkylation sites (tertiary alicyclic amines) is 1. The molecule has 1 aromatic carbocycles. The minimum Gasteiger partial charge on any atom is -0.481 e. The summed E-state index contributed by atoms with van der Waals surface area (Å²) in [6.45, 7) is 3.65. The molecule has 1 amide bonds. The highest BCUT2D eigenvalue weighted by molar-refractivity contribution is 5.77.